The Labute approximate surface area is 113 Å². The summed E-state index contributed by atoms with van der Waals surface area (Å²) in [5.74, 6) is -2.78. The molecule has 4 amide bonds. The SMILES string of the molecule is NC(=O)c1ccc(NC(=O)NC(=O)/C=C/C(=O)O)cc1. The first-order chi connectivity index (χ1) is 9.38. The van der Waals surface area contributed by atoms with Crippen LogP contribution in [0.2, 0.25) is 0 Å². The lowest BCUT2D eigenvalue weighted by atomic mass is 10.2. The number of imide groups is 1. The number of anilines is 1. The summed E-state index contributed by atoms with van der Waals surface area (Å²) >= 11 is 0. The summed E-state index contributed by atoms with van der Waals surface area (Å²) in [6, 6.07) is 4.83. The second kappa shape index (κ2) is 6.69. The van der Waals surface area contributed by atoms with Gasteiger partial charge in [0.05, 0.1) is 0 Å². The van der Waals surface area contributed by atoms with Gasteiger partial charge in [-0.25, -0.2) is 9.59 Å². The molecule has 8 heteroatoms. The molecule has 0 aliphatic heterocycles. The minimum Gasteiger partial charge on any atom is -0.478 e. The van der Waals surface area contributed by atoms with Crippen LogP contribution in [0.4, 0.5) is 10.5 Å². The Morgan fingerprint density at radius 2 is 1.65 bits per heavy atom. The van der Waals surface area contributed by atoms with Crippen molar-refractivity contribution in [2.24, 2.45) is 5.73 Å². The number of rotatable bonds is 4. The third kappa shape index (κ3) is 5.00. The van der Waals surface area contributed by atoms with Gasteiger partial charge < -0.3 is 16.2 Å². The summed E-state index contributed by atoms with van der Waals surface area (Å²) in [6.45, 7) is 0. The van der Waals surface area contributed by atoms with Gasteiger partial charge in [0.1, 0.15) is 0 Å². The fourth-order valence-corrected chi connectivity index (χ4v) is 1.18. The molecular weight excluding hydrogens is 266 g/mol. The molecule has 0 radical (unpaired) electrons. The van der Waals surface area contributed by atoms with Crippen LogP contribution in [0, 0.1) is 0 Å². The second-order valence-electron chi connectivity index (χ2n) is 3.56. The number of benzene rings is 1. The van der Waals surface area contributed by atoms with Crippen molar-refractivity contribution in [3.8, 4) is 0 Å². The summed E-state index contributed by atoms with van der Waals surface area (Å²) in [7, 11) is 0. The van der Waals surface area contributed by atoms with Crippen molar-refractivity contribution >= 4 is 29.5 Å². The van der Waals surface area contributed by atoms with Gasteiger partial charge in [-0.15, -0.1) is 0 Å². The van der Waals surface area contributed by atoms with Gasteiger partial charge >= 0.3 is 12.0 Å². The number of urea groups is 1. The molecule has 0 atom stereocenters. The van der Waals surface area contributed by atoms with E-state index in [1.807, 2.05) is 5.32 Å². The van der Waals surface area contributed by atoms with Crippen LogP contribution in [0.5, 0.6) is 0 Å². The molecular formula is C12H11N3O5. The summed E-state index contributed by atoms with van der Waals surface area (Å²) < 4.78 is 0. The predicted octanol–water partition coefficient (Wildman–Crippen LogP) is 0.0744. The molecule has 1 aromatic rings. The maximum absolute atomic E-state index is 11.4. The van der Waals surface area contributed by atoms with Crippen molar-refractivity contribution < 1.29 is 24.3 Å². The maximum Gasteiger partial charge on any atom is 0.328 e. The summed E-state index contributed by atoms with van der Waals surface area (Å²) in [4.78, 5) is 43.5. The first kappa shape index (κ1) is 14.9. The fraction of sp³-hybridized carbons (Fsp3) is 0. The minimum absolute atomic E-state index is 0.274. The van der Waals surface area contributed by atoms with Gasteiger partial charge in [0.2, 0.25) is 5.91 Å². The minimum atomic E-state index is -1.30. The highest BCUT2D eigenvalue weighted by Gasteiger charge is 2.06. The second-order valence-corrected chi connectivity index (χ2v) is 3.56. The Kier molecular flexibility index (Phi) is 4.98. The van der Waals surface area contributed by atoms with Crippen molar-refractivity contribution in [3.63, 3.8) is 0 Å². The molecule has 1 aromatic carbocycles. The highest BCUT2D eigenvalue weighted by atomic mass is 16.4. The zero-order chi connectivity index (χ0) is 15.1. The lowest BCUT2D eigenvalue weighted by molar-refractivity contribution is -0.131. The number of carbonyl (C=O) groups is 4. The normalized spacial score (nSPS) is 10.0. The molecule has 0 saturated carbocycles. The van der Waals surface area contributed by atoms with Gasteiger partial charge in [-0.05, 0) is 24.3 Å². The largest absolute Gasteiger partial charge is 0.478 e. The monoisotopic (exact) mass is 277 g/mol. The molecule has 0 unspecified atom stereocenters. The van der Waals surface area contributed by atoms with Crippen molar-refractivity contribution in [2.45, 2.75) is 0 Å². The Morgan fingerprint density at radius 3 is 2.15 bits per heavy atom. The van der Waals surface area contributed by atoms with Crippen LogP contribution >= 0.6 is 0 Å². The predicted molar refractivity (Wildman–Crippen MR) is 68.9 cm³/mol. The Bertz CT molecular complexity index is 577. The van der Waals surface area contributed by atoms with Crippen molar-refractivity contribution in [1.29, 1.82) is 0 Å². The Hall–Kier alpha value is -3.16. The number of primary amides is 1. The van der Waals surface area contributed by atoms with Crippen LogP contribution in [-0.4, -0.2) is 28.9 Å². The molecule has 0 fully saturated rings. The highest BCUT2D eigenvalue weighted by molar-refractivity contribution is 6.06. The van der Waals surface area contributed by atoms with E-state index in [1.165, 1.54) is 24.3 Å². The number of carboxylic acids is 1. The van der Waals surface area contributed by atoms with E-state index in [9.17, 15) is 19.2 Å². The smallest absolute Gasteiger partial charge is 0.328 e. The van der Waals surface area contributed by atoms with Crippen LogP contribution in [0.25, 0.3) is 0 Å². The van der Waals surface area contributed by atoms with Crippen LogP contribution in [-0.2, 0) is 9.59 Å². The number of nitrogens with one attached hydrogen (secondary N) is 2. The van der Waals surface area contributed by atoms with E-state index in [2.05, 4.69) is 5.32 Å². The van der Waals surface area contributed by atoms with E-state index < -0.39 is 23.8 Å². The van der Waals surface area contributed by atoms with E-state index in [1.54, 1.807) is 0 Å². The third-order valence-corrected chi connectivity index (χ3v) is 2.04. The van der Waals surface area contributed by atoms with E-state index >= 15 is 0 Å². The number of hydrogen-bond donors (Lipinski definition) is 4. The lowest BCUT2D eigenvalue weighted by Crippen LogP contribution is -2.33. The highest BCUT2D eigenvalue weighted by Crippen LogP contribution is 2.08. The third-order valence-electron chi connectivity index (χ3n) is 2.04. The number of nitrogens with two attached hydrogens (primary N) is 1. The first-order valence-corrected chi connectivity index (χ1v) is 5.31. The van der Waals surface area contributed by atoms with Crippen LogP contribution in [0.15, 0.2) is 36.4 Å². The van der Waals surface area contributed by atoms with Gasteiger partial charge in [-0.3, -0.25) is 14.9 Å². The van der Waals surface area contributed by atoms with E-state index in [4.69, 9.17) is 10.8 Å². The molecule has 1 rings (SSSR count). The van der Waals surface area contributed by atoms with Gasteiger partial charge in [0.25, 0.3) is 5.91 Å². The first-order valence-electron chi connectivity index (χ1n) is 5.31. The van der Waals surface area contributed by atoms with Gasteiger partial charge in [0.15, 0.2) is 0 Å². The summed E-state index contributed by atoms with van der Waals surface area (Å²) in [5, 5.41) is 12.5. The fourth-order valence-electron chi connectivity index (χ4n) is 1.18. The average molecular weight is 277 g/mol. The molecule has 0 aliphatic carbocycles. The molecule has 0 spiro atoms. The van der Waals surface area contributed by atoms with Gasteiger partial charge in [0, 0.05) is 23.4 Å². The molecule has 0 aliphatic rings. The quantitative estimate of drug-likeness (QED) is 0.577. The van der Waals surface area contributed by atoms with E-state index in [0.29, 0.717) is 17.8 Å². The Morgan fingerprint density at radius 1 is 1.05 bits per heavy atom. The van der Waals surface area contributed by atoms with E-state index in [0.717, 1.165) is 0 Å². The molecule has 0 bridgehead atoms. The molecule has 0 aromatic heterocycles. The van der Waals surface area contributed by atoms with Crippen LogP contribution in [0.3, 0.4) is 0 Å². The number of aliphatic carboxylic acids is 1. The van der Waals surface area contributed by atoms with Gasteiger partial charge in [-0.2, -0.15) is 0 Å². The topological polar surface area (TPSA) is 139 Å². The zero-order valence-corrected chi connectivity index (χ0v) is 10.1. The Balaban J connectivity index is 2.56. The summed E-state index contributed by atoms with van der Waals surface area (Å²) in [6.07, 6.45) is 1.31. The number of carboxylic acid groups (broad SMARTS) is 1. The number of carbonyl (C=O) groups excluding carboxylic acids is 3. The molecule has 8 nitrogen and oxygen atoms in total. The van der Waals surface area contributed by atoms with Crippen LogP contribution < -0.4 is 16.4 Å². The van der Waals surface area contributed by atoms with Crippen molar-refractivity contribution in [1.82, 2.24) is 5.32 Å². The van der Waals surface area contributed by atoms with Crippen molar-refractivity contribution in [3.05, 3.63) is 42.0 Å². The molecule has 20 heavy (non-hydrogen) atoms. The molecule has 5 N–H and O–H groups in total. The molecule has 0 heterocycles. The molecule has 104 valence electrons. The zero-order valence-electron chi connectivity index (χ0n) is 10.1. The maximum atomic E-state index is 11.4. The lowest BCUT2D eigenvalue weighted by Gasteiger charge is -2.05. The molecule has 0 saturated heterocycles. The summed E-state index contributed by atoms with van der Waals surface area (Å²) in [5.41, 5.74) is 5.66. The standard InChI is InChI=1S/C12H11N3O5/c13-11(19)7-1-3-8(4-2-7)14-12(20)15-9(16)5-6-10(17)18/h1-6H,(H2,13,19)(H,17,18)(H2,14,15,16,20)/b6-5+. The number of amides is 4. The van der Waals surface area contributed by atoms with Crippen LogP contribution in [0.1, 0.15) is 10.4 Å². The number of hydrogen-bond acceptors (Lipinski definition) is 4. The van der Waals surface area contributed by atoms with E-state index in [-0.39, 0.29) is 5.56 Å². The van der Waals surface area contributed by atoms with Crippen molar-refractivity contribution in [2.75, 3.05) is 5.32 Å². The average Bonchev–Trinajstić information content (AvgIpc) is 2.36. The van der Waals surface area contributed by atoms with Gasteiger partial charge in [-0.1, -0.05) is 0 Å².